The van der Waals surface area contributed by atoms with E-state index < -0.39 is 23.6 Å². The van der Waals surface area contributed by atoms with Crippen molar-refractivity contribution in [2.24, 2.45) is 10.9 Å². The molecule has 1 saturated heterocycles. The average Bonchev–Trinajstić information content (AvgIpc) is 3.45. The molecule has 14 heteroatoms. The number of aliphatic imine (C=N–C) groups is 1. The fraction of sp³-hybridized carbons (Fsp3) is 0.296. The first-order chi connectivity index (χ1) is 19.5. The van der Waals surface area contributed by atoms with E-state index in [4.69, 9.17) is 11.6 Å². The number of ether oxygens (including phenoxy) is 1. The van der Waals surface area contributed by atoms with Crippen molar-refractivity contribution in [3.8, 4) is 0 Å². The molecule has 3 heterocycles. The quantitative estimate of drug-likeness (QED) is 0.316. The Hall–Kier alpha value is -3.84. The van der Waals surface area contributed by atoms with E-state index in [0.717, 1.165) is 6.07 Å². The molecule has 5 rings (SSSR count). The predicted octanol–water partition coefficient (Wildman–Crippen LogP) is 4.34. The van der Waals surface area contributed by atoms with Gasteiger partial charge in [0.05, 0.1) is 48.2 Å². The second-order valence-corrected chi connectivity index (χ2v) is 10.9. The van der Waals surface area contributed by atoms with Gasteiger partial charge in [0, 0.05) is 30.0 Å². The van der Waals surface area contributed by atoms with Crippen molar-refractivity contribution in [1.82, 2.24) is 20.0 Å². The standard InChI is InChI=1S/C27H23ClF3N5O4S/c1-40-23(37)6-7-32-24(38)18-12-35(13-18)26-34-25(39)22(41-26)9-15-2-5-21-17(8-15)11-33-36(21)14-16-3-4-19(28)10-20(16)27(29,30)31/h2-5,8-11,18H,6-7,12-14H2,1H3,(H,32,38). The number of methoxy groups -OCH3 is 1. The highest BCUT2D eigenvalue weighted by molar-refractivity contribution is 8.18. The Morgan fingerprint density at radius 3 is 2.73 bits per heavy atom. The lowest BCUT2D eigenvalue weighted by Crippen LogP contribution is -2.55. The van der Waals surface area contributed by atoms with Crippen LogP contribution in [0.2, 0.25) is 5.02 Å². The molecule has 3 aromatic rings. The van der Waals surface area contributed by atoms with Gasteiger partial charge in [0.1, 0.15) is 0 Å². The largest absolute Gasteiger partial charge is 0.469 e. The topological polar surface area (TPSA) is 106 Å². The number of likely N-dealkylation sites (tertiary alicyclic amines) is 1. The maximum Gasteiger partial charge on any atom is 0.416 e. The van der Waals surface area contributed by atoms with Crippen molar-refractivity contribution < 1.29 is 32.3 Å². The second-order valence-electron chi connectivity index (χ2n) is 9.45. The molecule has 0 spiro atoms. The van der Waals surface area contributed by atoms with Crippen LogP contribution >= 0.6 is 23.4 Å². The number of fused-ring (bicyclic) bond motifs is 1. The zero-order valence-electron chi connectivity index (χ0n) is 21.6. The number of esters is 1. The predicted molar refractivity (Wildman–Crippen MR) is 148 cm³/mol. The number of carbonyl (C=O) groups excluding carboxylic acids is 3. The van der Waals surface area contributed by atoms with Gasteiger partial charge in [-0.3, -0.25) is 19.1 Å². The maximum atomic E-state index is 13.5. The SMILES string of the molecule is COC(=O)CCNC(=O)C1CN(C2=NC(=O)C(=Cc3ccc4c(cnn4Cc4ccc(Cl)cc4C(F)(F)F)c3)S2)C1. The number of carbonyl (C=O) groups is 3. The summed E-state index contributed by atoms with van der Waals surface area (Å²) in [7, 11) is 1.28. The summed E-state index contributed by atoms with van der Waals surface area (Å²) in [6.07, 6.45) is -1.21. The second kappa shape index (κ2) is 11.6. The molecule has 1 fully saturated rings. The summed E-state index contributed by atoms with van der Waals surface area (Å²) in [5.41, 5.74) is 0.574. The highest BCUT2D eigenvalue weighted by atomic mass is 35.5. The minimum atomic E-state index is -4.55. The van der Waals surface area contributed by atoms with Gasteiger partial charge in [0.25, 0.3) is 5.91 Å². The number of amides is 2. The van der Waals surface area contributed by atoms with E-state index in [1.807, 2.05) is 4.90 Å². The number of alkyl halides is 3. The third-order valence-electron chi connectivity index (χ3n) is 6.65. The summed E-state index contributed by atoms with van der Waals surface area (Å²) in [6.45, 7) is 0.917. The van der Waals surface area contributed by atoms with Gasteiger partial charge in [0.15, 0.2) is 5.17 Å². The highest BCUT2D eigenvalue weighted by Gasteiger charge is 2.38. The van der Waals surface area contributed by atoms with Crippen LogP contribution in [0.25, 0.3) is 17.0 Å². The summed E-state index contributed by atoms with van der Waals surface area (Å²) in [5.74, 6) is -1.23. The number of aromatic nitrogens is 2. The van der Waals surface area contributed by atoms with Crippen LogP contribution in [0, 0.1) is 5.92 Å². The number of nitrogens with one attached hydrogen (secondary N) is 1. The van der Waals surface area contributed by atoms with E-state index in [2.05, 4.69) is 20.1 Å². The summed E-state index contributed by atoms with van der Waals surface area (Å²) in [4.78, 5) is 42.3. The minimum absolute atomic E-state index is 0.00225. The molecule has 9 nitrogen and oxygen atoms in total. The first-order valence-electron chi connectivity index (χ1n) is 12.4. The molecule has 2 aliphatic heterocycles. The molecule has 0 atom stereocenters. The zero-order valence-corrected chi connectivity index (χ0v) is 23.1. The van der Waals surface area contributed by atoms with E-state index in [0.29, 0.717) is 39.6 Å². The van der Waals surface area contributed by atoms with Gasteiger partial charge < -0.3 is 15.0 Å². The van der Waals surface area contributed by atoms with Crippen molar-refractivity contribution in [3.63, 3.8) is 0 Å². The fourth-order valence-corrected chi connectivity index (χ4v) is 5.56. The molecule has 2 amide bonds. The van der Waals surface area contributed by atoms with Gasteiger partial charge >= 0.3 is 12.1 Å². The number of amidine groups is 1. The van der Waals surface area contributed by atoms with Gasteiger partial charge in [-0.25, -0.2) is 0 Å². The maximum absolute atomic E-state index is 13.5. The molecule has 214 valence electrons. The first-order valence-corrected chi connectivity index (χ1v) is 13.6. The lowest BCUT2D eigenvalue weighted by Gasteiger charge is -2.38. The van der Waals surface area contributed by atoms with E-state index in [-0.39, 0.29) is 41.9 Å². The Morgan fingerprint density at radius 1 is 1.22 bits per heavy atom. The molecule has 1 N–H and O–H groups in total. The van der Waals surface area contributed by atoms with Crippen LogP contribution in [0.4, 0.5) is 13.2 Å². The monoisotopic (exact) mass is 605 g/mol. The Morgan fingerprint density at radius 2 is 2.00 bits per heavy atom. The fourth-order valence-electron chi connectivity index (χ4n) is 4.45. The zero-order chi connectivity index (χ0) is 29.3. The van der Waals surface area contributed by atoms with Crippen LogP contribution < -0.4 is 5.32 Å². The Labute approximate surface area is 241 Å². The number of nitrogens with zero attached hydrogens (tertiary/aromatic N) is 4. The van der Waals surface area contributed by atoms with Crippen molar-refractivity contribution in [1.29, 1.82) is 0 Å². The number of thioether (sulfide) groups is 1. The van der Waals surface area contributed by atoms with Crippen molar-refractivity contribution in [3.05, 3.63) is 69.2 Å². The van der Waals surface area contributed by atoms with Crippen LogP contribution in [0.3, 0.4) is 0 Å². The van der Waals surface area contributed by atoms with Gasteiger partial charge in [-0.2, -0.15) is 23.3 Å². The molecular formula is C27H23ClF3N5O4S. The van der Waals surface area contributed by atoms with Crippen LogP contribution in [0.15, 0.2) is 52.5 Å². The first kappa shape index (κ1) is 28.7. The van der Waals surface area contributed by atoms with Crippen molar-refractivity contribution in [2.75, 3.05) is 26.7 Å². The van der Waals surface area contributed by atoms with Crippen LogP contribution in [-0.2, 0) is 31.8 Å². The number of hydrogen-bond acceptors (Lipinski definition) is 7. The van der Waals surface area contributed by atoms with E-state index in [1.165, 1.54) is 35.7 Å². The Bertz CT molecular complexity index is 1600. The van der Waals surface area contributed by atoms with Gasteiger partial charge in [-0.05, 0) is 53.2 Å². The van der Waals surface area contributed by atoms with Crippen LogP contribution in [0.1, 0.15) is 23.1 Å². The summed E-state index contributed by atoms with van der Waals surface area (Å²) in [5, 5.41) is 8.18. The smallest absolute Gasteiger partial charge is 0.416 e. The number of hydrogen-bond donors (Lipinski definition) is 1. The minimum Gasteiger partial charge on any atom is -0.469 e. The summed E-state index contributed by atoms with van der Waals surface area (Å²) < 4.78 is 46.6. The normalized spacial score (nSPS) is 16.7. The number of halogens is 4. The number of rotatable bonds is 7. The molecule has 2 aromatic carbocycles. The molecule has 41 heavy (non-hydrogen) atoms. The third kappa shape index (κ3) is 6.41. The average molecular weight is 606 g/mol. The van der Waals surface area contributed by atoms with Gasteiger partial charge in [-0.1, -0.05) is 23.7 Å². The molecule has 0 aliphatic carbocycles. The van der Waals surface area contributed by atoms with Crippen LogP contribution in [-0.4, -0.2) is 64.4 Å². The van der Waals surface area contributed by atoms with E-state index in [1.54, 1.807) is 30.5 Å². The van der Waals surface area contributed by atoms with Crippen molar-refractivity contribution in [2.45, 2.75) is 19.1 Å². The molecule has 2 aliphatic rings. The number of benzene rings is 2. The third-order valence-corrected chi connectivity index (χ3v) is 7.93. The Kier molecular flexibility index (Phi) is 8.09. The van der Waals surface area contributed by atoms with Gasteiger partial charge in [-0.15, -0.1) is 0 Å². The van der Waals surface area contributed by atoms with E-state index >= 15 is 0 Å². The highest BCUT2D eigenvalue weighted by Crippen LogP contribution is 2.35. The van der Waals surface area contributed by atoms with E-state index in [9.17, 15) is 27.6 Å². The lowest BCUT2D eigenvalue weighted by atomic mass is 10.0. The molecular weight excluding hydrogens is 583 g/mol. The molecule has 0 saturated carbocycles. The lowest BCUT2D eigenvalue weighted by molar-refractivity contribution is -0.141. The molecule has 0 unspecified atom stereocenters. The van der Waals surface area contributed by atoms with Gasteiger partial charge in [0.2, 0.25) is 5.91 Å². The summed E-state index contributed by atoms with van der Waals surface area (Å²) >= 11 is 7.00. The Balaban J connectivity index is 1.22. The van der Waals surface area contributed by atoms with Crippen LogP contribution in [0.5, 0.6) is 0 Å². The summed E-state index contributed by atoms with van der Waals surface area (Å²) in [6, 6.07) is 8.95. The van der Waals surface area contributed by atoms with Crippen molar-refractivity contribution >= 4 is 63.3 Å². The molecule has 0 radical (unpaired) electrons. The molecule has 1 aromatic heterocycles. The molecule has 0 bridgehead atoms.